The van der Waals surface area contributed by atoms with Gasteiger partial charge in [0.25, 0.3) is 10.0 Å². The second kappa shape index (κ2) is 5.97. The number of sulfonamides is 1. The van der Waals surface area contributed by atoms with Crippen molar-refractivity contribution in [2.75, 3.05) is 6.54 Å². The van der Waals surface area contributed by atoms with Gasteiger partial charge in [-0.1, -0.05) is 19.1 Å². The zero-order valence-electron chi connectivity index (χ0n) is 10.7. The van der Waals surface area contributed by atoms with E-state index in [1.165, 1.54) is 7.05 Å². The molecule has 0 saturated heterocycles. The van der Waals surface area contributed by atoms with Gasteiger partial charge >= 0.3 is 5.97 Å². The van der Waals surface area contributed by atoms with E-state index in [9.17, 15) is 13.2 Å². The summed E-state index contributed by atoms with van der Waals surface area (Å²) in [6.45, 7) is 3.25. The van der Waals surface area contributed by atoms with E-state index in [2.05, 4.69) is 31.0 Å². The zero-order chi connectivity index (χ0) is 14.8. The van der Waals surface area contributed by atoms with Gasteiger partial charge in [0.1, 0.15) is 0 Å². The molecule has 1 heterocycles. The number of hydrogen-bond acceptors (Lipinski definition) is 5. The molecule has 19 heavy (non-hydrogen) atoms. The Morgan fingerprint density at radius 1 is 1.53 bits per heavy atom. The average molecular weight is 355 g/mol. The number of aliphatic carboxylic acids is 1. The van der Waals surface area contributed by atoms with Crippen molar-refractivity contribution in [3.05, 3.63) is 4.60 Å². The van der Waals surface area contributed by atoms with E-state index in [0.29, 0.717) is 0 Å². The van der Waals surface area contributed by atoms with Gasteiger partial charge < -0.3 is 5.11 Å². The second-order valence-electron chi connectivity index (χ2n) is 4.35. The topological polar surface area (TPSA) is 114 Å². The predicted octanol–water partition coefficient (Wildman–Crippen LogP) is 0.213. The van der Waals surface area contributed by atoms with Crippen LogP contribution >= 0.6 is 15.9 Å². The highest BCUT2D eigenvalue weighted by Crippen LogP contribution is 2.18. The van der Waals surface area contributed by atoms with Gasteiger partial charge in [0.2, 0.25) is 5.03 Å². The van der Waals surface area contributed by atoms with Gasteiger partial charge in [-0.05, 0) is 21.8 Å². The van der Waals surface area contributed by atoms with Crippen LogP contribution < -0.4 is 4.72 Å². The maximum Gasteiger partial charge on any atom is 0.308 e. The second-order valence-corrected chi connectivity index (χ2v) is 6.78. The van der Waals surface area contributed by atoms with Crippen molar-refractivity contribution in [3.8, 4) is 0 Å². The minimum Gasteiger partial charge on any atom is -0.481 e. The van der Waals surface area contributed by atoms with Gasteiger partial charge in [-0.15, -0.1) is 5.10 Å². The first kappa shape index (κ1) is 16.1. The van der Waals surface area contributed by atoms with Crippen LogP contribution in [0.25, 0.3) is 0 Å². The summed E-state index contributed by atoms with van der Waals surface area (Å²) < 4.78 is 27.5. The first-order chi connectivity index (χ1) is 8.66. The molecule has 108 valence electrons. The minimum atomic E-state index is -3.86. The first-order valence-electron chi connectivity index (χ1n) is 5.44. The lowest BCUT2D eigenvalue weighted by Crippen LogP contribution is -2.36. The summed E-state index contributed by atoms with van der Waals surface area (Å²) in [6, 6.07) is 0. The molecule has 1 atom stereocenters. The van der Waals surface area contributed by atoms with Crippen LogP contribution in [-0.2, 0) is 21.9 Å². The number of rotatable bonds is 6. The maximum absolute atomic E-state index is 12.0. The van der Waals surface area contributed by atoms with Crippen LogP contribution in [0.2, 0.25) is 0 Å². The number of carboxylic acids is 1. The van der Waals surface area contributed by atoms with E-state index in [4.69, 9.17) is 5.11 Å². The van der Waals surface area contributed by atoms with Crippen molar-refractivity contribution in [1.29, 1.82) is 0 Å². The molecule has 0 aliphatic rings. The minimum absolute atomic E-state index is 0.0823. The molecule has 0 spiro atoms. The summed E-state index contributed by atoms with van der Waals surface area (Å²) in [7, 11) is -2.43. The predicted molar refractivity (Wildman–Crippen MR) is 69.9 cm³/mol. The Labute approximate surface area is 119 Å². The van der Waals surface area contributed by atoms with Crippen molar-refractivity contribution in [2.24, 2.45) is 18.9 Å². The molecule has 0 radical (unpaired) electrons. The Morgan fingerprint density at radius 3 is 2.47 bits per heavy atom. The molecule has 8 nitrogen and oxygen atoms in total. The summed E-state index contributed by atoms with van der Waals surface area (Å²) in [6.07, 6.45) is 0. The number of nitrogens with zero attached hydrogens (tertiary/aromatic N) is 3. The fourth-order valence-electron chi connectivity index (χ4n) is 1.48. The van der Waals surface area contributed by atoms with Gasteiger partial charge in [0.05, 0.1) is 5.92 Å². The van der Waals surface area contributed by atoms with Crippen molar-refractivity contribution in [2.45, 2.75) is 18.9 Å². The van der Waals surface area contributed by atoms with Gasteiger partial charge in [0.15, 0.2) is 4.60 Å². The standard InChI is InChI=1S/C9H15BrN4O4S/c1-5(2)6(9(15)16)4-11-19(17,18)8-7(10)12-13-14(8)3/h5-6,11H,4H2,1-3H3,(H,15,16). The third kappa shape index (κ3) is 3.74. The van der Waals surface area contributed by atoms with Crippen LogP contribution in [0.5, 0.6) is 0 Å². The average Bonchev–Trinajstić information content (AvgIpc) is 2.57. The summed E-state index contributed by atoms with van der Waals surface area (Å²) in [5, 5.41) is 16.0. The zero-order valence-corrected chi connectivity index (χ0v) is 13.1. The fourth-order valence-corrected chi connectivity index (χ4v) is 3.63. The number of carbonyl (C=O) groups is 1. The number of nitrogens with one attached hydrogen (secondary N) is 1. The lowest BCUT2D eigenvalue weighted by atomic mass is 9.97. The van der Waals surface area contributed by atoms with Crippen LogP contribution in [0.4, 0.5) is 0 Å². The number of halogens is 1. The van der Waals surface area contributed by atoms with Crippen molar-refractivity contribution < 1.29 is 18.3 Å². The molecule has 1 unspecified atom stereocenters. The van der Waals surface area contributed by atoms with Crippen molar-refractivity contribution >= 4 is 31.9 Å². The molecule has 0 aliphatic carbocycles. The van der Waals surface area contributed by atoms with E-state index in [-0.39, 0.29) is 22.1 Å². The molecular formula is C9H15BrN4O4S. The molecule has 0 fully saturated rings. The summed E-state index contributed by atoms with van der Waals surface area (Å²) >= 11 is 2.99. The van der Waals surface area contributed by atoms with Crippen molar-refractivity contribution in [3.63, 3.8) is 0 Å². The molecule has 1 aromatic rings. The van der Waals surface area contributed by atoms with Crippen LogP contribution in [0.3, 0.4) is 0 Å². The summed E-state index contributed by atoms with van der Waals surface area (Å²) in [5.41, 5.74) is 0. The van der Waals surface area contributed by atoms with Crippen molar-refractivity contribution in [1.82, 2.24) is 19.7 Å². The monoisotopic (exact) mass is 354 g/mol. The lowest BCUT2D eigenvalue weighted by molar-refractivity contribution is -0.142. The van der Waals surface area contributed by atoms with E-state index in [0.717, 1.165) is 4.68 Å². The van der Waals surface area contributed by atoms with E-state index in [1.807, 2.05) is 0 Å². The molecule has 0 saturated carbocycles. The van der Waals surface area contributed by atoms with Gasteiger partial charge in [-0.2, -0.15) is 0 Å². The van der Waals surface area contributed by atoms with E-state index < -0.39 is 21.9 Å². The van der Waals surface area contributed by atoms with Gasteiger partial charge in [-0.25, -0.2) is 17.8 Å². The molecule has 0 aliphatic heterocycles. The third-order valence-corrected chi connectivity index (χ3v) is 4.92. The Hall–Kier alpha value is -1.00. The van der Waals surface area contributed by atoms with Crippen LogP contribution in [0, 0.1) is 11.8 Å². The quantitative estimate of drug-likeness (QED) is 0.754. The lowest BCUT2D eigenvalue weighted by Gasteiger charge is -2.16. The SMILES string of the molecule is CC(C)C(CNS(=O)(=O)c1c(Br)nnn1C)C(=O)O. The molecule has 0 amide bonds. The molecule has 1 aromatic heterocycles. The molecule has 0 aromatic carbocycles. The highest BCUT2D eigenvalue weighted by molar-refractivity contribution is 9.10. The molecular weight excluding hydrogens is 340 g/mol. The first-order valence-corrected chi connectivity index (χ1v) is 7.72. The van der Waals surface area contributed by atoms with Gasteiger partial charge in [0, 0.05) is 13.6 Å². The van der Waals surface area contributed by atoms with Gasteiger partial charge in [-0.3, -0.25) is 4.79 Å². The smallest absolute Gasteiger partial charge is 0.308 e. The Morgan fingerprint density at radius 2 is 2.11 bits per heavy atom. The summed E-state index contributed by atoms with van der Waals surface area (Å²) in [4.78, 5) is 11.0. The number of aromatic nitrogens is 3. The number of hydrogen-bond donors (Lipinski definition) is 2. The molecule has 10 heteroatoms. The van der Waals surface area contributed by atoms with E-state index >= 15 is 0 Å². The Kier molecular flexibility index (Phi) is 5.04. The maximum atomic E-state index is 12.0. The van der Waals surface area contributed by atoms with Crippen LogP contribution in [0.15, 0.2) is 9.63 Å². The Bertz CT molecular complexity index is 549. The highest BCUT2D eigenvalue weighted by Gasteiger charge is 2.28. The van der Waals surface area contributed by atoms with E-state index in [1.54, 1.807) is 13.8 Å². The number of aryl methyl sites for hydroxylation is 1. The largest absolute Gasteiger partial charge is 0.481 e. The molecule has 2 N–H and O–H groups in total. The normalized spacial score (nSPS) is 13.7. The number of carboxylic acid groups (broad SMARTS) is 1. The molecule has 1 rings (SSSR count). The fraction of sp³-hybridized carbons (Fsp3) is 0.667. The molecule has 0 bridgehead atoms. The highest BCUT2D eigenvalue weighted by atomic mass is 79.9. The van der Waals surface area contributed by atoms with Crippen LogP contribution in [0.1, 0.15) is 13.8 Å². The third-order valence-electron chi connectivity index (χ3n) is 2.61. The Balaban J connectivity index is 2.90. The summed E-state index contributed by atoms with van der Waals surface area (Å²) in [5.74, 6) is -2.03. The van der Waals surface area contributed by atoms with Crippen LogP contribution in [-0.4, -0.2) is 41.0 Å².